The van der Waals surface area contributed by atoms with Crippen LogP contribution in [0.5, 0.6) is 0 Å². The van der Waals surface area contributed by atoms with Crippen LogP contribution in [-0.2, 0) is 33.3 Å². The van der Waals surface area contributed by atoms with Gasteiger partial charge in [-0.2, -0.15) is 0 Å². The molecule has 454 valence electrons. The average Bonchev–Trinajstić information content (AvgIpc) is 3.43. The molecule has 0 bridgehead atoms. The lowest BCUT2D eigenvalue weighted by molar-refractivity contribution is -0.870. The van der Waals surface area contributed by atoms with Gasteiger partial charge >= 0.3 is 17.9 Å². The Morgan fingerprint density at radius 3 is 1.06 bits per heavy atom. The molecule has 0 aliphatic rings. The molecule has 0 radical (unpaired) electrons. The van der Waals surface area contributed by atoms with Gasteiger partial charge in [-0.3, -0.25) is 9.59 Å². The number of unbranched alkanes of at least 4 members (excludes halogenated alkanes) is 20. The summed E-state index contributed by atoms with van der Waals surface area (Å²) in [6, 6.07) is 0. The number of hydrogen-bond donors (Lipinski definition) is 1. The zero-order chi connectivity index (χ0) is 58.3. The summed E-state index contributed by atoms with van der Waals surface area (Å²) >= 11 is 0. The summed E-state index contributed by atoms with van der Waals surface area (Å²) in [5.41, 5.74) is 0. The molecule has 0 heterocycles. The van der Waals surface area contributed by atoms with E-state index in [0.29, 0.717) is 23.9 Å². The van der Waals surface area contributed by atoms with Crippen molar-refractivity contribution in [2.75, 3.05) is 47.5 Å². The van der Waals surface area contributed by atoms with Crippen LogP contribution in [0.3, 0.4) is 0 Å². The molecule has 80 heavy (non-hydrogen) atoms. The van der Waals surface area contributed by atoms with Gasteiger partial charge < -0.3 is 28.5 Å². The number of nitrogens with zero attached hydrogens (tertiary/aromatic N) is 1. The summed E-state index contributed by atoms with van der Waals surface area (Å²) in [7, 11) is 5.96. The topological polar surface area (TPSA) is 108 Å². The predicted molar refractivity (Wildman–Crippen MR) is 341 cm³/mol. The molecular weight excluding hydrogens is 995 g/mol. The van der Waals surface area contributed by atoms with Crippen molar-refractivity contribution in [2.45, 2.75) is 251 Å². The van der Waals surface area contributed by atoms with E-state index in [-0.39, 0.29) is 32.2 Å². The van der Waals surface area contributed by atoms with Crippen LogP contribution in [0.1, 0.15) is 239 Å². The van der Waals surface area contributed by atoms with Crippen molar-refractivity contribution < 1.29 is 42.9 Å². The number of carbonyl (C=O) groups excluding carboxylic acids is 2. The molecule has 9 nitrogen and oxygen atoms in total. The first-order chi connectivity index (χ1) is 39.1. The summed E-state index contributed by atoms with van der Waals surface area (Å²) in [6.07, 6.45) is 84.0. The monoisotopic (exact) mass is 1110 g/mol. The van der Waals surface area contributed by atoms with Gasteiger partial charge in [0.1, 0.15) is 13.2 Å². The number of rotatable bonds is 57. The number of carbonyl (C=O) groups is 3. The van der Waals surface area contributed by atoms with Crippen LogP contribution < -0.4 is 0 Å². The van der Waals surface area contributed by atoms with Crippen molar-refractivity contribution in [3.05, 3.63) is 134 Å². The van der Waals surface area contributed by atoms with Crippen molar-refractivity contribution in [2.24, 2.45) is 0 Å². The van der Waals surface area contributed by atoms with Gasteiger partial charge in [0.2, 0.25) is 0 Å². The van der Waals surface area contributed by atoms with Crippen molar-refractivity contribution in [3.63, 3.8) is 0 Å². The van der Waals surface area contributed by atoms with Gasteiger partial charge in [-0.15, -0.1) is 0 Å². The second kappa shape index (κ2) is 60.5. The van der Waals surface area contributed by atoms with Crippen LogP contribution in [-0.4, -0.2) is 87.4 Å². The minimum atomic E-state index is -1.52. The molecule has 0 aromatic rings. The molecule has 0 aromatic carbocycles. The highest BCUT2D eigenvalue weighted by molar-refractivity contribution is 5.71. The van der Waals surface area contributed by atoms with Gasteiger partial charge in [-0.25, -0.2) is 4.79 Å². The summed E-state index contributed by atoms with van der Waals surface area (Å²) in [5, 5.41) is 9.71. The van der Waals surface area contributed by atoms with E-state index < -0.39 is 24.3 Å². The summed E-state index contributed by atoms with van der Waals surface area (Å²) in [5.74, 6) is -2.04. The summed E-state index contributed by atoms with van der Waals surface area (Å²) in [6.45, 7) is 4.74. The van der Waals surface area contributed by atoms with E-state index in [1.807, 2.05) is 21.1 Å². The largest absolute Gasteiger partial charge is 0.477 e. The Hall–Kier alpha value is -4.57. The maximum Gasteiger partial charge on any atom is 0.361 e. The van der Waals surface area contributed by atoms with Crippen LogP contribution in [0.15, 0.2) is 134 Å². The Balaban J connectivity index is 4.23. The average molecular weight is 1110 g/mol. The zero-order valence-electron chi connectivity index (χ0n) is 51.7. The van der Waals surface area contributed by atoms with Crippen molar-refractivity contribution >= 4 is 17.9 Å². The molecule has 0 amide bonds. The normalized spacial score (nSPS) is 13.7. The van der Waals surface area contributed by atoms with Crippen molar-refractivity contribution in [3.8, 4) is 0 Å². The van der Waals surface area contributed by atoms with Crippen LogP contribution >= 0.6 is 0 Å². The maximum absolute atomic E-state index is 12.9. The molecule has 0 spiro atoms. The lowest BCUT2D eigenvalue weighted by atomic mass is 10.0. The number of carboxylic acid groups (broad SMARTS) is 1. The Labute approximate surface area is 490 Å². The van der Waals surface area contributed by atoms with Gasteiger partial charge in [0, 0.05) is 12.8 Å². The van der Waals surface area contributed by atoms with E-state index in [0.717, 1.165) is 122 Å². The zero-order valence-corrected chi connectivity index (χ0v) is 51.7. The van der Waals surface area contributed by atoms with Crippen LogP contribution in [0.4, 0.5) is 0 Å². The fourth-order valence-corrected chi connectivity index (χ4v) is 8.31. The lowest BCUT2D eigenvalue weighted by Gasteiger charge is -2.25. The standard InChI is InChI=1S/C71H117NO8/c1-6-8-10-12-14-16-18-20-22-24-25-26-27-28-29-30-31-32-33-34-35-36-37-38-39-40-41-42-43-44-45-46-48-50-52-54-56-58-60-62-69(74)80-67(66-79-71(70(75)76)77-64-63-72(3,4)5)65-78-68(73)61-59-57-55-53-51-49-47-23-21-19-17-15-13-11-9-7-2/h8,10,14,16,20,22,25-26,28-29,31-32,34-35,37-38,40-41,43-44,46,48,67,71H,6-7,9,11-13,15,17-19,21,23-24,27,30,33,36,39,42,45,47,49-66H2,1-5H3/p+1/b10-8-,16-14-,22-20-,26-25-,29-28-,32-31-,35-34-,38-37-,41-40-,44-43-,48-46-. The first-order valence-electron chi connectivity index (χ1n) is 31.8. The minimum Gasteiger partial charge on any atom is -0.477 e. The Morgan fingerprint density at radius 2 is 0.713 bits per heavy atom. The van der Waals surface area contributed by atoms with Crippen molar-refractivity contribution in [1.82, 2.24) is 0 Å². The van der Waals surface area contributed by atoms with Crippen molar-refractivity contribution in [1.29, 1.82) is 0 Å². The lowest BCUT2D eigenvalue weighted by Crippen LogP contribution is -2.40. The number of aliphatic carboxylic acids is 1. The van der Waals surface area contributed by atoms with Gasteiger partial charge in [0.25, 0.3) is 6.29 Å². The fraction of sp³-hybridized carbons (Fsp3) is 0.648. The smallest absolute Gasteiger partial charge is 0.361 e. The number of hydrogen-bond acceptors (Lipinski definition) is 7. The maximum atomic E-state index is 12.9. The number of ether oxygens (including phenoxy) is 4. The molecule has 1 N–H and O–H groups in total. The first-order valence-corrected chi connectivity index (χ1v) is 31.8. The van der Waals surface area contributed by atoms with E-state index >= 15 is 0 Å². The summed E-state index contributed by atoms with van der Waals surface area (Å²) in [4.78, 5) is 37.4. The number of esters is 2. The van der Waals surface area contributed by atoms with E-state index in [1.165, 1.54) is 83.5 Å². The van der Waals surface area contributed by atoms with Crippen LogP contribution in [0.2, 0.25) is 0 Å². The molecule has 9 heteroatoms. The van der Waals surface area contributed by atoms with E-state index in [9.17, 15) is 19.5 Å². The molecule has 0 saturated heterocycles. The Bertz CT molecular complexity index is 1770. The molecule has 0 aliphatic carbocycles. The third kappa shape index (κ3) is 61.1. The van der Waals surface area contributed by atoms with Gasteiger partial charge in [0.15, 0.2) is 6.10 Å². The molecule has 0 rings (SSSR count). The molecule has 0 saturated carbocycles. The molecule has 0 fully saturated rings. The molecular formula is C71H118NO8+. The SMILES string of the molecule is CC/C=C\C/C=C\C/C=C\C/C=C\C/C=C\C/C=C\C/C=C\C/C=C\C/C=C\C/C=C\C/C=C\CCCCCCCC(=O)OC(COC(=O)CCCCCCCCCCCCCCCCCC)COC(OCC[N+](C)(C)C)C(=O)O. The Kier molecular flexibility index (Phi) is 57.1. The molecule has 0 aliphatic heterocycles. The van der Waals surface area contributed by atoms with E-state index in [4.69, 9.17) is 18.9 Å². The highest BCUT2D eigenvalue weighted by atomic mass is 16.7. The third-order valence-corrected chi connectivity index (χ3v) is 13.2. The highest BCUT2D eigenvalue weighted by Crippen LogP contribution is 2.16. The fourth-order valence-electron chi connectivity index (χ4n) is 8.31. The molecule has 0 aromatic heterocycles. The minimum absolute atomic E-state index is 0.178. The number of likely N-dealkylation sites (N-methyl/N-ethyl adjacent to an activating group) is 1. The van der Waals surface area contributed by atoms with E-state index in [1.54, 1.807) is 0 Å². The van der Waals surface area contributed by atoms with Crippen LogP contribution in [0, 0.1) is 0 Å². The summed E-state index contributed by atoms with van der Waals surface area (Å²) < 4.78 is 22.9. The highest BCUT2D eigenvalue weighted by Gasteiger charge is 2.25. The predicted octanol–water partition coefficient (Wildman–Crippen LogP) is 19.4. The quantitative estimate of drug-likeness (QED) is 0.0211. The van der Waals surface area contributed by atoms with Crippen LogP contribution in [0.25, 0.3) is 0 Å². The third-order valence-electron chi connectivity index (χ3n) is 13.2. The first kappa shape index (κ1) is 75.4. The second-order valence-corrected chi connectivity index (χ2v) is 22.0. The van der Waals surface area contributed by atoms with Gasteiger partial charge in [-0.05, 0) is 96.3 Å². The van der Waals surface area contributed by atoms with E-state index in [2.05, 4.69) is 148 Å². The number of allylic oxidation sites excluding steroid dienone is 22. The second-order valence-electron chi connectivity index (χ2n) is 22.0. The molecule has 2 unspecified atom stereocenters. The number of carboxylic acids is 1. The Morgan fingerprint density at radius 1 is 0.388 bits per heavy atom. The number of quaternary nitrogens is 1. The molecule has 2 atom stereocenters. The van der Waals surface area contributed by atoms with Gasteiger partial charge in [-0.1, -0.05) is 263 Å². The van der Waals surface area contributed by atoms with Gasteiger partial charge in [0.05, 0.1) is 34.4 Å².